The van der Waals surface area contributed by atoms with Gasteiger partial charge in [0.25, 0.3) is 0 Å². The van der Waals surface area contributed by atoms with Gasteiger partial charge in [0.05, 0.1) is 24.4 Å². The maximum atomic E-state index is 9.77. The SMILES string of the molecule is CCOc1cc2ncnc(-c3cn(C)nc3-c3ccccc3)c2cc1CO. The molecule has 0 aliphatic carbocycles. The third-order valence-electron chi connectivity index (χ3n) is 4.42. The quantitative estimate of drug-likeness (QED) is 0.589. The van der Waals surface area contributed by atoms with E-state index < -0.39 is 0 Å². The zero-order valence-electron chi connectivity index (χ0n) is 15.3. The normalized spacial score (nSPS) is 11.1. The molecule has 0 amide bonds. The summed E-state index contributed by atoms with van der Waals surface area (Å²) in [5.41, 5.74) is 5.06. The van der Waals surface area contributed by atoms with Gasteiger partial charge in [0.2, 0.25) is 0 Å². The summed E-state index contributed by atoms with van der Waals surface area (Å²) in [5.74, 6) is 0.645. The Labute approximate surface area is 157 Å². The summed E-state index contributed by atoms with van der Waals surface area (Å²) >= 11 is 0. The lowest BCUT2D eigenvalue weighted by Gasteiger charge is -2.12. The maximum Gasteiger partial charge on any atom is 0.126 e. The number of aliphatic hydroxyl groups is 1. The Morgan fingerprint density at radius 3 is 2.63 bits per heavy atom. The van der Waals surface area contributed by atoms with E-state index in [9.17, 15) is 5.11 Å². The fourth-order valence-corrected chi connectivity index (χ4v) is 3.23. The van der Waals surface area contributed by atoms with Gasteiger partial charge in [-0.1, -0.05) is 30.3 Å². The van der Waals surface area contributed by atoms with E-state index in [4.69, 9.17) is 4.74 Å². The highest BCUT2D eigenvalue weighted by Gasteiger charge is 2.17. The van der Waals surface area contributed by atoms with Crippen LogP contribution in [0, 0.1) is 0 Å². The Bertz CT molecular complexity index is 1090. The number of hydrogen-bond acceptors (Lipinski definition) is 5. The van der Waals surface area contributed by atoms with Crippen LogP contribution in [0.4, 0.5) is 0 Å². The standard InChI is InChI=1S/C21H20N4O2/c1-3-27-19-10-18-16(9-15(19)12-26)21(23-13-22-18)17-11-25(2)24-20(17)14-7-5-4-6-8-14/h4-11,13,26H,3,12H2,1-2H3. The Kier molecular flexibility index (Phi) is 4.56. The van der Waals surface area contributed by atoms with Crippen molar-refractivity contribution in [2.45, 2.75) is 13.5 Å². The number of nitrogens with zero attached hydrogens (tertiary/aromatic N) is 4. The van der Waals surface area contributed by atoms with Crippen LogP contribution in [0.25, 0.3) is 33.4 Å². The third kappa shape index (κ3) is 3.15. The summed E-state index contributed by atoms with van der Waals surface area (Å²) in [4.78, 5) is 8.94. The summed E-state index contributed by atoms with van der Waals surface area (Å²) in [7, 11) is 1.89. The first-order valence-electron chi connectivity index (χ1n) is 8.82. The molecule has 0 bridgehead atoms. The number of rotatable bonds is 5. The molecule has 0 radical (unpaired) electrons. The van der Waals surface area contributed by atoms with Crippen LogP contribution < -0.4 is 4.74 Å². The van der Waals surface area contributed by atoms with Gasteiger partial charge in [-0.3, -0.25) is 4.68 Å². The molecule has 0 spiro atoms. The molecule has 27 heavy (non-hydrogen) atoms. The third-order valence-corrected chi connectivity index (χ3v) is 4.42. The predicted molar refractivity (Wildman–Crippen MR) is 104 cm³/mol. The number of aryl methyl sites for hydroxylation is 1. The van der Waals surface area contributed by atoms with Crippen molar-refractivity contribution in [1.82, 2.24) is 19.7 Å². The van der Waals surface area contributed by atoms with E-state index in [0.29, 0.717) is 17.9 Å². The van der Waals surface area contributed by atoms with Crippen LogP contribution in [0.15, 0.2) is 55.0 Å². The van der Waals surface area contributed by atoms with Crippen LogP contribution in [0.1, 0.15) is 12.5 Å². The van der Waals surface area contributed by atoms with Gasteiger partial charge in [0.15, 0.2) is 0 Å². The van der Waals surface area contributed by atoms with Crippen LogP contribution in [0.5, 0.6) is 5.75 Å². The van der Waals surface area contributed by atoms with Gasteiger partial charge in [-0.05, 0) is 13.0 Å². The van der Waals surface area contributed by atoms with E-state index in [1.165, 1.54) is 0 Å². The van der Waals surface area contributed by atoms with Crippen LogP contribution in [-0.2, 0) is 13.7 Å². The second-order valence-corrected chi connectivity index (χ2v) is 6.22. The monoisotopic (exact) mass is 360 g/mol. The summed E-state index contributed by atoms with van der Waals surface area (Å²) in [6.45, 7) is 2.33. The zero-order chi connectivity index (χ0) is 18.8. The van der Waals surface area contributed by atoms with E-state index >= 15 is 0 Å². The molecule has 0 saturated carbocycles. The molecular weight excluding hydrogens is 340 g/mol. The highest BCUT2D eigenvalue weighted by Crippen LogP contribution is 2.35. The second kappa shape index (κ2) is 7.17. The van der Waals surface area contributed by atoms with Crippen molar-refractivity contribution < 1.29 is 9.84 Å². The van der Waals surface area contributed by atoms with Crippen LogP contribution >= 0.6 is 0 Å². The van der Waals surface area contributed by atoms with Crippen molar-refractivity contribution in [2.75, 3.05) is 6.61 Å². The van der Waals surface area contributed by atoms with E-state index in [0.717, 1.165) is 33.4 Å². The fraction of sp³-hybridized carbons (Fsp3) is 0.190. The molecule has 0 unspecified atom stereocenters. The molecule has 4 aromatic rings. The minimum absolute atomic E-state index is 0.113. The second-order valence-electron chi connectivity index (χ2n) is 6.22. The van der Waals surface area contributed by atoms with Crippen molar-refractivity contribution in [3.63, 3.8) is 0 Å². The lowest BCUT2D eigenvalue weighted by Crippen LogP contribution is -1.99. The van der Waals surface area contributed by atoms with Gasteiger partial charge in [0.1, 0.15) is 17.8 Å². The smallest absolute Gasteiger partial charge is 0.126 e. The first-order valence-corrected chi connectivity index (χ1v) is 8.82. The molecule has 0 saturated heterocycles. The van der Waals surface area contributed by atoms with Gasteiger partial charge >= 0.3 is 0 Å². The lowest BCUT2D eigenvalue weighted by molar-refractivity contribution is 0.267. The molecule has 1 N–H and O–H groups in total. The summed E-state index contributed by atoms with van der Waals surface area (Å²) in [6.07, 6.45) is 3.51. The minimum atomic E-state index is -0.113. The maximum absolute atomic E-state index is 9.77. The number of hydrogen-bond donors (Lipinski definition) is 1. The molecule has 0 aliphatic rings. The predicted octanol–water partition coefficient (Wildman–Crippen LogP) is 3.59. The molecule has 2 aromatic heterocycles. The molecule has 6 heteroatoms. The molecule has 2 aromatic carbocycles. The van der Waals surface area contributed by atoms with E-state index in [1.54, 1.807) is 11.0 Å². The van der Waals surface area contributed by atoms with Crippen LogP contribution in [-0.4, -0.2) is 31.5 Å². The summed E-state index contributed by atoms with van der Waals surface area (Å²) in [5, 5.41) is 15.3. The Morgan fingerprint density at radius 1 is 1.07 bits per heavy atom. The highest BCUT2D eigenvalue weighted by molar-refractivity contribution is 5.96. The molecular formula is C21H20N4O2. The van der Waals surface area contributed by atoms with Crippen LogP contribution in [0.3, 0.4) is 0 Å². The zero-order valence-corrected chi connectivity index (χ0v) is 15.3. The topological polar surface area (TPSA) is 73.1 Å². The van der Waals surface area contributed by atoms with Crippen molar-refractivity contribution in [1.29, 1.82) is 0 Å². The number of aromatic nitrogens is 4. The van der Waals surface area contributed by atoms with Crippen molar-refractivity contribution in [3.05, 3.63) is 60.6 Å². The molecule has 0 aliphatic heterocycles. The van der Waals surface area contributed by atoms with Crippen molar-refractivity contribution in [2.24, 2.45) is 7.05 Å². The number of fused-ring (bicyclic) bond motifs is 1. The molecule has 136 valence electrons. The highest BCUT2D eigenvalue weighted by atomic mass is 16.5. The van der Waals surface area contributed by atoms with Gasteiger partial charge in [-0.2, -0.15) is 5.10 Å². The molecule has 6 nitrogen and oxygen atoms in total. The van der Waals surface area contributed by atoms with Gasteiger partial charge in [-0.25, -0.2) is 9.97 Å². The Morgan fingerprint density at radius 2 is 1.89 bits per heavy atom. The average molecular weight is 360 g/mol. The van der Waals surface area contributed by atoms with Gasteiger partial charge < -0.3 is 9.84 Å². The van der Waals surface area contributed by atoms with Gasteiger partial charge in [-0.15, -0.1) is 0 Å². The minimum Gasteiger partial charge on any atom is -0.493 e. The fourth-order valence-electron chi connectivity index (χ4n) is 3.23. The Balaban J connectivity index is 1.95. The number of ether oxygens (including phenoxy) is 1. The first kappa shape index (κ1) is 17.2. The van der Waals surface area contributed by atoms with Gasteiger partial charge in [0, 0.05) is 41.4 Å². The molecule has 0 fully saturated rings. The molecule has 2 heterocycles. The molecule has 0 atom stereocenters. The summed E-state index contributed by atoms with van der Waals surface area (Å²) < 4.78 is 7.43. The first-order chi connectivity index (χ1) is 13.2. The van der Waals surface area contributed by atoms with Crippen molar-refractivity contribution in [3.8, 4) is 28.3 Å². The Hall–Kier alpha value is -3.25. The van der Waals surface area contributed by atoms with E-state index in [-0.39, 0.29) is 6.61 Å². The van der Waals surface area contributed by atoms with E-state index in [1.807, 2.05) is 62.6 Å². The lowest BCUT2D eigenvalue weighted by atomic mass is 10.0. The number of benzene rings is 2. The average Bonchev–Trinajstić information content (AvgIpc) is 3.09. The number of aliphatic hydroxyl groups excluding tert-OH is 1. The van der Waals surface area contributed by atoms with E-state index in [2.05, 4.69) is 15.1 Å². The largest absolute Gasteiger partial charge is 0.493 e. The van der Waals surface area contributed by atoms with Crippen LogP contribution in [0.2, 0.25) is 0 Å². The summed E-state index contributed by atoms with van der Waals surface area (Å²) in [6, 6.07) is 13.8. The molecule has 4 rings (SSSR count). The van der Waals surface area contributed by atoms with Crippen molar-refractivity contribution >= 4 is 10.9 Å².